The van der Waals surface area contributed by atoms with Crippen LogP contribution in [0.3, 0.4) is 0 Å². The van der Waals surface area contributed by atoms with Crippen molar-refractivity contribution in [1.29, 1.82) is 0 Å². The Hall–Kier alpha value is -2.30. The highest BCUT2D eigenvalue weighted by Crippen LogP contribution is 2.25. The van der Waals surface area contributed by atoms with Crippen molar-refractivity contribution in [3.05, 3.63) is 52.3 Å². The van der Waals surface area contributed by atoms with E-state index in [0.29, 0.717) is 31.7 Å². The molecule has 0 spiro atoms. The monoisotopic (exact) mass is 421 g/mol. The highest BCUT2D eigenvalue weighted by Gasteiger charge is 2.30. The van der Waals surface area contributed by atoms with Crippen LogP contribution in [0.15, 0.2) is 41.6 Å². The quantitative estimate of drug-likeness (QED) is 0.350. The minimum atomic E-state index is -3.73. The van der Waals surface area contributed by atoms with Crippen molar-refractivity contribution < 1.29 is 13.3 Å². The van der Waals surface area contributed by atoms with Gasteiger partial charge in [0, 0.05) is 57.3 Å². The second kappa shape index (κ2) is 9.47. The molecule has 0 saturated carbocycles. The average molecular weight is 422 g/mol. The lowest BCUT2D eigenvalue weighted by molar-refractivity contribution is -0.385. The fraction of sp³-hybridized carbons (Fsp3) is 0.526. The molecule has 0 bridgehead atoms. The van der Waals surface area contributed by atoms with Crippen LogP contribution in [0.25, 0.3) is 0 Å². The number of nitro groups is 1. The number of piperazine rings is 1. The smallest absolute Gasteiger partial charge is 0.270 e. The van der Waals surface area contributed by atoms with E-state index in [1.165, 1.54) is 16.4 Å². The lowest BCUT2D eigenvalue weighted by atomic mass is 10.2. The molecule has 10 heteroatoms. The van der Waals surface area contributed by atoms with Crippen LogP contribution in [-0.4, -0.2) is 65.1 Å². The van der Waals surface area contributed by atoms with Gasteiger partial charge >= 0.3 is 0 Å². The molecule has 0 N–H and O–H groups in total. The van der Waals surface area contributed by atoms with E-state index in [1.54, 1.807) is 13.1 Å². The molecule has 1 fully saturated rings. The zero-order valence-corrected chi connectivity index (χ0v) is 17.4. The Bertz CT molecular complexity index is 922. The fourth-order valence-corrected chi connectivity index (χ4v) is 5.20. The Kier molecular flexibility index (Phi) is 6.99. The summed E-state index contributed by atoms with van der Waals surface area (Å²) in [5.41, 5.74) is 0.318. The number of aromatic nitrogens is 2. The van der Waals surface area contributed by atoms with E-state index in [9.17, 15) is 18.5 Å². The fourth-order valence-electron chi connectivity index (χ4n) is 3.53. The van der Waals surface area contributed by atoms with Gasteiger partial charge in [0.05, 0.1) is 9.82 Å². The van der Waals surface area contributed by atoms with Gasteiger partial charge < -0.3 is 4.90 Å². The van der Waals surface area contributed by atoms with Gasteiger partial charge in [-0.1, -0.05) is 12.5 Å². The topological polar surface area (TPSA) is 102 Å². The van der Waals surface area contributed by atoms with Gasteiger partial charge in [-0.15, -0.1) is 0 Å². The lowest BCUT2D eigenvalue weighted by Crippen LogP contribution is -2.48. The first-order chi connectivity index (χ1) is 13.9. The number of non-ortho nitro benzene ring substituents is 1. The summed E-state index contributed by atoms with van der Waals surface area (Å²) in [6.45, 7) is 5.68. The molecule has 0 radical (unpaired) electrons. The minimum Gasteiger partial charge on any atom is -0.301 e. The Balaban J connectivity index is 1.48. The summed E-state index contributed by atoms with van der Waals surface area (Å²) in [4.78, 5) is 12.7. The molecule has 1 saturated heterocycles. The molecule has 0 amide bonds. The van der Waals surface area contributed by atoms with Crippen LogP contribution in [-0.2, 0) is 16.6 Å². The number of nitrogens with zero attached hydrogens (tertiary/aromatic N) is 5. The van der Waals surface area contributed by atoms with Gasteiger partial charge in [0.15, 0.2) is 0 Å². The summed E-state index contributed by atoms with van der Waals surface area (Å²) in [5.74, 6) is 0. The van der Waals surface area contributed by atoms with Gasteiger partial charge in [0.25, 0.3) is 5.69 Å². The van der Waals surface area contributed by atoms with E-state index >= 15 is 0 Å². The summed E-state index contributed by atoms with van der Waals surface area (Å²) in [6, 6.07) is 5.91. The van der Waals surface area contributed by atoms with Crippen LogP contribution >= 0.6 is 0 Å². The highest BCUT2D eigenvalue weighted by molar-refractivity contribution is 7.89. The van der Waals surface area contributed by atoms with Crippen molar-refractivity contribution in [2.24, 2.45) is 0 Å². The van der Waals surface area contributed by atoms with E-state index in [2.05, 4.69) is 10.00 Å². The first kappa shape index (κ1) is 21.4. The molecule has 2 aromatic rings. The third-order valence-electron chi connectivity index (χ3n) is 5.25. The predicted molar refractivity (Wildman–Crippen MR) is 109 cm³/mol. The SMILES string of the molecule is Cc1ccc([N+](=O)[O-])cc1S(=O)(=O)N1CCN(CCCCCn2cccn2)CC1. The minimum absolute atomic E-state index is 0.0266. The van der Waals surface area contributed by atoms with E-state index < -0.39 is 14.9 Å². The molecule has 1 aromatic carbocycles. The molecule has 1 aromatic heterocycles. The first-order valence-corrected chi connectivity index (χ1v) is 11.3. The molecule has 0 aliphatic carbocycles. The van der Waals surface area contributed by atoms with Crippen LogP contribution in [0.5, 0.6) is 0 Å². The Morgan fingerprint density at radius 1 is 1.10 bits per heavy atom. The van der Waals surface area contributed by atoms with Gasteiger partial charge in [0.2, 0.25) is 10.0 Å². The van der Waals surface area contributed by atoms with Crippen LogP contribution in [0, 0.1) is 17.0 Å². The van der Waals surface area contributed by atoms with Gasteiger partial charge in [-0.25, -0.2) is 8.42 Å². The van der Waals surface area contributed by atoms with E-state index in [1.807, 2.05) is 16.9 Å². The number of hydrogen-bond donors (Lipinski definition) is 0. The lowest BCUT2D eigenvalue weighted by Gasteiger charge is -2.34. The van der Waals surface area contributed by atoms with Crippen molar-refractivity contribution in [2.75, 3.05) is 32.7 Å². The normalized spacial score (nSPS) is 16.2. The standard InChI is InChI=1S/C19H27N5O4S/c1-17-6-7-18(24(25)26)16-19(17)29(27,28)23-14-12-21(13-15-23)9-3-2-4-10-22-11-5-8-20-22/h5-8,11,16H,2-4,9-10,12-15H2,1H3. The van der Waals surface area contributed by atoms with Crippen LogP contribution < -0.4 is 0 Å². The molecule has 29 heavy (non-hydrogen) atoms. The van der Waals surface area contributed by atoms with Crippen molar-refractivity contribution in [2.45, 2.75) is 37.6 Å². The number of sulfonamides is 1. The van der Waals surface area contributed by atoms with E-state index in [-0.39, 0.29) is 10.6 Å². The zero-order chi connectivity index (χ0) is 20.9. The molecule has 158 valence electrons. The summed E-state index contributed by atoms with van der Waals surface area (Å²) >= 11 is 0. The van der Waals surface area contributed by atoms with Crippen LogP contribution in [0.2, 0.25) is 0 Å². The Morgan fingerprint density at radius 2 is 1.83 bits per heavy atom. The maximum Gasteiger partial charge on any atom is 0.270 e. The van der Waals surface area contributed by atoms with Gasteiger partial charge in [-0.3, -0.25) is 14.8 Å². The second-order valence-corrected chi connectivity index (χ2v) is 9.19. The predicted octanol–water partition coefficient (Wildman–Crippen LogP) is 2.28. The number of rotatable bonds is 9. The van der Waals surface area contributed by atoms with Crippen LogP contribution in [0.1, 0.15) is 24.8 Å². The zero-order valence-electron chi connectivity index (χ0n) is 16.6. The molecular weight excluding hydrogens is 394 g/mol. The number of benzene rings is 1. The summed E-state index contributed by atoms with van der Waals surface area (Å²) in [7, 11) is -3.73. The Morgan fingerprint density at radius 3 is 2.48 bits per heavy atom. The Labute approximate surface area is 171 Å². The van der Waals surface area contributed by atoms with Crippen molar-refractivity contribution in [3.8, 4) is 0 Å². The van der Waals surface area contributed by atoms with Crippen molar-refractivity contribution in [3.63, 3.8) is 0 Å². The molecule has 2 heterocycles. The molecule has 1 aliphatic rings. The maximum absolute atomic E-state index is 13.0. The number of hydrogen-bond acceptors (Lipinski definition) is 6. The average Bonchev–Trinajstić information content (AvgIpc) is 3.21. The van der Waals surface area contributed by atoms with Gasteiger partial charge in [-0.2, -0.15) is 9.40 Å². The molecular formula is C19H27N5O4S. The summed E-state index contributed by atoms with van der Waals surface area (Å²) in [5, 5.41) is 15.2. The molecule has 0 atom stereocenters. The first-order valence-electron chi connectivity index (χ1n) is 9.83. The largest absolute Gasteiger partial charge is 0.301 e. The highest BCUT2D eigenvalue weighted by atomic mass is 32.2. The second-order valence-electron chi connectivity index (χ2n) is 7.28. The molecule has 3 rings (SSSR count). The summed E-state index contributed by atoms with van der Waals surface area (Å²) in [6.07, 6.45) is 6.98. The third kappa shape index (κ3) is 5.40. The van der Waals surface area contributed by atoms with E-state index in [4.69, 9.17) is 0 Å². The molecule has 9 nitrogen and oxygen atoms in total. The maximum atomic E-state index is 13.0. The van der Waals surface area contributed by atoms with E-state index in [0.717, 1.165) is 38.4 Å². The van der Waals surface area contributed by atoms with Gasteiger partial charge in [-0.05, 0) is 37.9 Å². The molecule has 0 unspecified atom stereocenters. The van der Waals surface area contributed by atoms with Crippen LogP contribution in [0.4, 0.5) is 5.69 Å². The summed E-state index contributed by atoms with van der Waals surface area (Å²) < 4.78 is 29.3. The molecule has 1 aliphatic heterocycles. The van der Waals surface area contributed by atoms with Crippen molar-refractivity contribution in [1.82, 2.24) is 19.0 Å². The number of unbranched alkanes of at least 4 members (excludes halogenated alkanes) is 2. The van der Waals surface area contributed by atoms with Crippen molar-refractivity contribution >= 4 is 15.7 Å². The number of nitro benzene ring substituents is 1. The third-order valence-corrected chi connectivity index (χ3v) is 7.29. The number of aryl methyl sites for hydroxylation is 2. The van der Waals surface area contributed by atoms with Gasteiger partial charge in [0.1, 0.15) is 0 Å².